The molecule has 106 valence electrons. The lowest BCUT2D eigenvalue weighted by molar-refractivity contribution is 0.312. The van der Waals surface area contributed by atoms with Gasteiger partial charge >= 0.3 is 0 Å². The Morgan fingerprint density at radius 1 is 1.21 bits per heavy atom. The highest BCUT2D eigenvalue weighted by atomic mass is 19.1. The molecule has 0 spiro atoms. The van der Waals surface area contributed by atoms with Gasteiger partial charge in [-0.3, -0.25) is 0 Å². The number of halogens is 1. The molecule has 1 heterocycles. The quantitative estimate of drug-likeness (QED) is 0.822. The van der Waals surface area contributed by atoms with Gasteiger partial charge in [-0.1, -0.05) is 13.0 Å². The van der Waals surface area contributed by atoms with Crippen LogP contribution in [0.5, 0.6) is 0 Å². The van der Waals surface area contributed by atoms with Gasteiger partial charge in [0.15, 0.2) is 0 Å². The smallest absolute Gasteiger partial charge is 0.129 e. The lowest BCUT2D eigenvalue weighted by Gasteiger charge is -2.35. The fourth-order valence-corrected chi connectivity index (χ4v) is 2.46. The third-order valence-electron chi connectivity index (χ3n) is 3.67. The van der Waals surface area contributed by atoms with Crippen molar-refractivity contribution < 1.29 is 4.39 Å². The molecule has 0 radical (unpaired) electrons. The summed E-state index contributed by atoms with van der Waals surface area (Å²) in [4.78, 5) is 4.61. The summed E-state index contributed by atoms with van der Waals surface area (Å²) in [6.45, 7) is 7.69. The highest BCUT2D eigenvalue weighted by Gasteiger charge is 2.18. The van der Waals surface area contributed by atoms with E-state index >= 15 is 0 Å². The fourth-order valence-electron chi connectivity index (χ4n) is 2.46. The van der Waals surface area contributed by atoms with Crippen LogP contribution in [0.1, 0.15) is 18.9 Å². The summed E-state index contributed by atoms with van der Waals surface area (Å²) in [6, 6.07) is 5.41. The maximum atomic E-state index is 14.0. The number of nitrogens with one attached hydrogen (secondary N) is 1. The Hall–Kier alpha value is -1.13. The van der Waals surface area contributed by atoms with Gasteiger partial charge in [0.05, 0.1) is 0 Å². The van der Waals surface area contributed by atoms with Crippen LogP contribution in [0.3, 0.4) is 0 Å². The molecule has 0 bridgehead atoms. The maximum Gasteiger partial charge on any atom is 0.129 e. The van der Waals surface area contributed by atoms with E-state index in [9.17, 15) is 4.39 Å². The van der Waals surface area contributed by atoms with E-state index < -0.39 is 0 Å². The molecule has 0 amide bonds. The second kappa shape index (κ2) is 6.87. The molecule has 3 nitrogen and oxygen atoms in total. The molecule has 0 atom stereocenters. The average molecular weight is 265 g/mol. The molecule has 19 heavy (non-hydrogen) atoms. The summed E-state index contributed by atoms with van der Waals surface area (Å²) in [5.74, 6) is -0.0972. The second-order valence-electron chi connectivity index (χ2n) is 5.20. The number of nitrogens with zero attached hydrogens (tertiary/aromatic N) is 2. The highest BCUT2D eigenvalue weighted by Crippen LogP contribution is 2.24. The van der Waals surface area contributed by atoms with Crippen molar-refractivity contribution in [1.82, 2.24) is 10.2 Å². The molecule has 1 aromatic carbocycles. The van der Waals surface area contributed by atoms with Crippen molar-refractivity contribution >= 4 is 5.69 Å². The molecule has 0 unspecified atom stereocenters. The summed E-state index contributed by atoms with van der Waals surface area (Å²) in [5.41, 5.74) is 1.86. The Morgan fingerprint density at radius 2 is 1.95 bits per heavy atom. The van der Waals surface area contributed by atoms with Crippen LogP contribution in [-0.4, -0.2) is 44.7 Å². The summed E-state index contributed by atoms with van der Waals surface area (Å²) in [5, 5.41) is 3.30. The van der Waals surface area contributed by atoms with Crippen molar-refractivity contribution in [3.05, 3.63) is 29.6 Å². The summed E-state index contributed by atoms with van der Waals surface area (Å²) >= 11 is 0. The summed E-state index contributed by atoms with van der Waals surface area (Å²) < 4.78 is 14.0. The van der Waals surface area contributed by atoms with Gasteiger partial charge < -0.3 is 15.1 Å². The molecule has 0 saturated carbocycles. The molecular weight excluding hydrogens is 241 g/mol. The van der Waals surface area contributed by atoms with Gasteiger partial charge in [0.25, 0.3) is 0 Å². The molecule has 1 N–H and O–H groups in total. The first-order chi connectivity index (χ1) is 9.22. The molecule has 1 aromatic rings. The lowest BCUT2D eigenvalue weighted by atomic mass is 10.1. The number of hydrogen-bond donors (Lipinski definition) is 1. The van der Waals surface area contributed by atoms with Crippen LogP contribution >= 0.6 is 0 Å². The van der Waals surface area contributed by atoms with E-state index in [-0.39, 0.29) is 5.82 Å². The Labute approximate surface area is 115 Å². The zero-order valence-electron chi connectivity index (χ0n) is 12.0. The van der Waals surface area contributed by atoms with E-state index in [2.05, 4.69) is 29.1 Å². The van der Waals surface area contributed by atoms with Gasteiger partial charge in [0.1, 0.15) is 5.82 Å². The van der Waals surface area contributed by atoms with Crippen molar-refractivity contribution in [3.63, 3.8) is 0 Å². The molecule has 4 heteroatoms. The largest absolute Gasteiger partial charge is 0.369 e. The Bertz CT molecular complexity index is 400. The van der Waals surface area contributed by atoms with Crippen molar-refractivity contribution in [2.45, 2.75) is 19.9 Å². The van der Waals surface area contributed by atoms with E-state index in [1.807, 2.05) is 12.1 Å². The van der Waals surface area contributed by atoms with Gasteiger partial charge in [0, 0.05) is 44.0 Å². The monoisotopic (exact) mass is 265 g/mol. The first-order valence-corrected chi connectivity index (χ1v) is 7.14. The number of hydrogen-bond acceptors (Lipinski definition) is 3. The van der Waals surface area contributed by atoms with Crippen LogP contribution in [0.2, 0.25) is 0 Å². The van der Waals surface area contributed by atoms with Crippen LogP contribution < -0.4 is 10.2 Å². The number of benzene rings is 1. The Balaban J connectivity index is 2.12. The van der Waals surface area contributed by atoms with E-state index in [0.717, 1.165) is 50.4 Å². The number of piperazine rings is 1. The first kappa shape index (κ1) is 14.3. The predicted molar refractivity (Wildman–Crippen MR) is 78.1 cm³/mol. The summed E-state index contributed by atoms with van der Waals surface area (Å²) in [6.07, 6.45) is 1.07. The van der Waals surface area contributed by atoms with Crippen LogP contribution in [0, 0.1) is 5.82 Å². The average Bonchev–Trinajstić information content (AvgIpc) is 2.42. The van der Waals surface area contributed by atoms with Crippen molar-refractivity contribution in [1.29, 1.82) is 0 Å². The van der Waals surface area contributed by atoms with Crippen molar-refractivity contribution in [2.75, 3.05) is 44.7 Å². The maximum absolute atomic E-state index is 14.0. The second-order valence-corrected chi connectivity index (χ2v) is 5.20. The van der Waals surface area contributed by atoms with Crippen LogP contribution in [0.25, 0.3) is 0 Å². The number of likely N-dealkylation sites (N-methyl/N-ethyl adjacent to an activating group) is 1. The van der Waals surface area contributed by atoms with E-state index in [1.165, 1.54) is 0 Å². The predicted octanol–water partition coefficient (Wildman–Crippen LogP) is 2.08. The standard InChI is InChI=1S/C15H24FN3/c1-3-7-17-12-13-14(16)5-4-6-15(13)19-10-8-18(2)9-11-19/h4-6,17H,3,7-12H2,1-2H3. The zero-order chi connectivity index (χ0) is 13.7. The van der Waals surface area contributed by atoms with Crippen LogP contribution in [0.4, 0.5) is 10.1 Å². The molecule has 1 aliphatic rings. The zero-order valence-corrected chi connectivity index (χ0v) is 12.0. The molecule has 2 rings (SSSR count). The SMILES string of the molecule is CCCNCc1c(F)cccc1N1CCN(C)CC1. The molecule has 0 aromatic heterocycles. The van der Waals surface area contributed by atoms with E-state index in [0.29, 0.717) is 6.54 Å². The molecule has 1 aliphatic heterocycles. The van der Waals surface area contributed by atoms with Crippen LogP contribution in [-0.2, 0) is 6.54 Å². The first-order valence-electron chi connectivity index (χ1n) is 7.14. The fraction of sp³-hybridized carbons (Fsp3) is 0.600. The minimum atomic E-state index is -0.0972. The Morgan fingerprint density at radius 3 is 2.63 bits per heavy atom. The minimum Gasteiger partial charge on any atom is -0.369 e. The molecule has 1 fully saturated rings. The minimum absolute atomic E-state index is 0.0972. The molecule has 1 saturated heterocycles. The van der Waals surface area contributed by atoms with Gasteiger partial charge in [-0.25, -0.2) is 4.39 Å². The lowest BCUT2D eigenvalue weighted by Crippen LogP contribution is -2.45. The number of rotatable bonds is 5. The van der Waals surface area contributed by atoms with Crippen molar-refractivity contribution in [2.24, 2.45) is 0 Å². The topological polar surface area (TPSA) is 18.5 Å². The third kappa shape index (κ3) is 3.67. The normalized spacial score (nSPS) is 16.9. The van der Waals surface area contributed by atoms with E-state index in [1.54, 1.807) is 6.07 Å². The summed E-state index contributed by atoms with van der Waals surface area (Å²) in [7, 11) is 2.13. The van der Waals surface area contributed by atoms with Gasteiger partial charge in [0.2, 0.25) is 0 Å². The van der Waals surface area contributed by atoms with Gasteiger partial charge in [-0.2, -0.15) is 0 Å². The third-order valence-corrected chi connectivity index (χ3v) is 3.67. The molecule has 0 aliphatic carbocycles. The van der Waals surface area contributed by atoms with Gasteiger partial charge in [-0.15, -0.1) is 0 Å². The number of anilines is 1. The highest BCUT2D eigenvalue weighted by molar-refractivity contribution is 5.54. The Kier molecular flexibility index (Phi) is 5.16. The van der Waals surface area contributed by atoms with E-state index in [4.69, 9.17) is 0 Å². The van der Waals surface area contributed by atoms with Crippen molar-refractivity contribution in [3.8, 4) is 0 Å². The van der Waals surface area contributed by atoms with Crippen LogP contribution in [0.15, 0.2) is 18.2 Å². The molecular formula is C15H24FN3. The van der Waals surface area contributed by atoms with Gasteiger partial charge in [-0.05, 0) is 32.1 Å².